The van der Waals surface area contributed by atoms with Gasteiger partial charge in [-0.05, 0) is 43.7 Å². The predicted molar refractivity (Wildman–Crippen MR) is 72.0 cm³/mol. The van der Waals surface area contributed by atoms with E-state index < -0.39 is 0 Å². The molecule has 0 N–H and O–H groups in total. The largest absolute Gasteiger partial charge is 0.456 e. The van der Waals surface area contributed by atoms with Crippen molar-refractivity contribution in [2.24, 2.45) is 0 Å². The molecule has 0 aliphatic carbocycles. The molecule has 0 bridgehead atoms. The Bertz CT molecular complexity index is 531. The fraction of sp³-hybridized carbons (Fsp3) is 0.267. The molecule has 0 unspecified atom stereocenters. The molecule has 0 radical (unpaired) electrons. The van der Waals surface area contributed by atoms with Gasteiger partial charge in [-0.15, -0.1) is 0 Å². The van der Waals surface area contributed by atoms with Gasteiger partial charge in [0.1, 0.15) is 5.76 Å². The van der Waals surface area contributed by atoms with E-state index in [9.17, 15) is 4.79 Å². The van der Waals surface area contributed by atoms with Crippen LogP contribution in [0.5, 0.6) is 0 Å². The van der Waals surface area contributed by atoms with E-state index in [0.717, 1.165) is 18.6 Å². The Hall–Kier alpha value is -2.03. The van der Waals surface area contributed by atoms with Gasteiger partial charge in [-0.1, -0.05) is 12.1 Å². The molecule has 2 aromatic rings. The standard InChI is InChI=1S/C15H17NO2/c1-3-16(13-6-4-5-12(2)9-13)10-14-7-8-15(11-17)18-14/h4-9,11H,3,10H2,1-2H3. The Morgan fingerprint density at radius 2 is 2.11 bits per heavy atom. The van der Waals surface area contributed by atoms with Gasteiger partial charge < -0.3 is 9.32 Å². The number of furan rings is 1. The van der Waals surface area contributed by atoms with E-state index in [0.29, 0.717) is 12.3 Å². The van der Waals surface area contributed by atoms with Crippen LogP contribution in [0.3, 0.4) is 0 Å². The molecule has 0 fully saturated rings. The second-order valence-electron chi connectivity index (χ2n) is 4.28. The quantitative estimate of drug-likeness (QED) is 0.754. The van der Waals surface area contributed by atoms with Crippen molar-refractivity contribution in [2.45, 2.75) is 20.4 Å². The first-order valence-electron chi connectivity index (χ1n) is 6.08. The maximum Gasteiger partial charge on any atom is 0.185 e. The summed E-state index contributed by atoms with van der Waals surface area (Å²) >= 11 is 0. The zero-order valence-corrected chi connectivity index (χ0v) is 10.7. The molecule has 3 heteroatoms. The lowest BCUT2D eigenvalue weighted by Gasteiger charge is -2.22. The summed E-state index contributed by atoms with van der Waals surface area (Å²) in [5.74, 6) is 1.19. The maximum atomic E-state index is 10.6. The Kier molecular flexibility index (Phi) is 3.82. The number of benzene rings is 1. The average molecular weight is 243 g/mol. The normalized spacial score (nSPS) is 10.3. The highest BCUT2D eigenvalue weighted by molar-refractivity contribution is 5.70. The van der Waals surface area contributed by atoms with Gasteiger partial charge in [-0.25, -0.2) is 0 Å². The summed E-state index contributed by atoms with van der Waals surface area (Å²) in [7, 11) is 0. The fourth-order valence-electron chi connectivity index (χ4n) is 1.94. The molecule has 18 heavy (non-hydrogen) atoms. The molecule has 94 valence electrons. The number of carbonyl (C=O) groups excluding carboxylic acids is 1. The smallest absolute Gasteiger partial charge is 0.185 e. The van der Waals surface area contributed by atoms with Crippen molar-refractivity contribution in [1.29, 1.82) is 0 Å². The van der Waals surface area contributed by atoms with Gasteiger partial charge in [-0.3, -0.25) is 4.79 Å². The van der Waals surface area contributed by atoms with Gasteiger partial charge in [0.25, 0.3) is 0 Å². The summed E-state index contributed by atoms with van der Waals surface area (Å²) in [5, 5.41) is 0. The third kappa shape index (κ3) is 2.80. The van der Waals surface area contributed by atoms with Crippen LogP contribution < -0.4 is 4.90 Å². The van der Waals surface area contributed by atoms with Crippen molar-refractivity contribution in [1.82, 2.24) is 0 Å². The van der Waals surface area contributed by atoms with Gasteiger partial charge in [0.05, 0.1) is 6.54 Å². The lowest BCUT2D eigenvalue weighted by molar-refractivity contribution is 0.109. The Labute approximate surface area is 107 Å². The second-order valence-corrected chi connectivity index (χ2v) is 4.28. The number of anilines is 1. The summed E-state index contributed by atoms with van der Waals surface area (Å²) < 4.78 is 5.41. The first kappa shape index (κ1) is 12.4. The minimum atomic E-state index is 0.380. The van der Waals surface area contributed by atoms with Crippen LogP contribution in [0.1, 0.15) is 28.8 Å². The topological polar surface area (TPSA) is 33.5 Å². The molecule has 1 aromatic carbocycles. The number of aryl methyl sites for hydroxylation is 1. The zero-order valence-electron chi connectivity index (χ0n) is 10.7. The van der Waals surface area contributed by atoms with Crippen LogP contribution in [0.25, 0.3) is 0 Å². The molecule has 1 aromatic heterocycles. The van der Waals surface area contributed by atoms with E-state index in [4.69, 9.17) is 4.42 Å². The molecule has 3 nitrogen and oxygen atoms in total. The van der Waals surface area contributed by atoms with Gasteiger partial charge in [0.2, 0.25) is 0 Å². The lowest BCUT2D eigenvalue weighted by Crippen LogP contribution is -2.21. The number of carbonyl (C=O) groups is 1. The van der Waals surface area contributed by atoms with E-state index in [1.807, 2.05) is 12.1 Å². The van der Waals surface area contributed by atoms with Crippen molar-refractivity contribution >= 4 is 12.0 Å². The minimum Gasteiger partial charge on any atom is -0.456 e. The predicted octanol–water partition coefficient (Wildman–Crippen LogP) is 3.43. The maximum absolute atomic E-state index is 10.6. The Balaban J connectivity index is 2.16. The van der Waals surface area contributed by atoms with Gasteiger partial charge in [0, 0.05) is 12.2 Å². The molecule has 0 saturated carbocycles. The molecule has 0 atom stereocenters. The molecule has 1 heterocycles. The van der Waals surface area contributed by atoms with E-state index in [2.05, 4.69) is 36.9 Å². The van der Waals surface area contributed by atoms with Crippen molar-refractivity contribution in [3.05, 3.63) is 53.5 Å². The van der Waals surface area contributed by atoms with E-state index >= 15 is 0 Å². The number of nitrogens with zero attached hydrogens (tertiary/aromatic N) is 1. The van der Waals surface area contributed by atoms with Crippen molar-refractivity contribution in [2.75, 3.05) is 11.4 Å². The molecule has 2 rings (SSSR count). The lowest BCUT2D eigenvalue weighted by atomic mass is 10.2. The Morgan fingerprint density at radius 1 is 1.28 bits per heavy atom. The number of aldehydes is 1. The van der Waals surface area contributed by atoms with Crippen LogP contribution in [-0.2, 0) is 6.54 Å². The third-order valence-corrected chi connectivity index (χ3v) is 2.89. The summed E-state index contributed by atoms with van der Waals surface area (Å²) in [4.78, 5) is 12.8. The second kappa shape index (κ2) is 5.54. The number of hydrogen-bond acceptors (Lipinski definition) is 3. The molecule has 0 aliphatic heterocycles. The van der Waals surface area contributed by atoms with Gasteiger partial charge in [-0.2, -0.15) is 0 Å². The fourth-order valence-corrected chi connectivity index (χ4v) is 1.94. The van der Waals surface area contributed by atoms with Crippen molar-refractivity contribution in [3.63, 3.8) is 0 Å². The van der Waals surface area contributed by atoms with Crippen LogP contribution in [0, 0.1) is 6.92 Å². The van der Waals surface area contributed by atoms with Crippen LogP contribution in [0.2, 0.25) is 0 Å². The minimum absolute atomic E-state index is 0.380. The number of hydrogen-bond donors (Lipinski definition) is 0. The SMILES string of the molecule is CCN(Cc1ccc(C=O)o1)c1cccc(C)c1. The monoisotopic (exact) mass is 243 g/mol. The van der Waals surface area contributed by atoms with E-state index in [1.165, 1.54) is 11.3 Å². The summed E-state index contributed by atoms with van der Waals surface area (Å²) in [6, 6.07) is 11.9. The average Bonchev–Trinajstić information content (AvgIpc) is 2.83. The molecule has 0 amide bonds. The van der Waals surface area contributed by atoms with Gasteiger partial charge in [0.15, 0.2) is 12.0 Å². The van der Waals surface area contributed by atoms with E-state index in [1.54, 1.807) is 6.07 Å². The first-order chi connectivity index (χ1) is 8.72. The number of rotatable bonds is 5. The zero-order chi connectivity index (χ0) is 13.0. The summed E-state index contributed by atoms with van der Waals surface area (Å²) in [6.07, 6.45) is 0.729. The van der Waals surface area contributed by atoms with E-state index in [-0.39, 0.29) is 0 Å². The highest BCUT2D eigenvalue weighted by Crippen LogP contribution is 2.19. The Morgan fingerprint density at radius 3 is 2.72 bits per heavy atom. The van der Waals surface area contributed by atoms with Crippen LogP contribution in [0.4, 0.5) is 5.69 Å². The third-order valence-electron chi connectivity index (χ3n) is 2.89. The van der Waals surface area contributed by atoms with Crippen LogP contribution in [-0.4, -0.2) is 12.8 Å². The van der Waals surface area contributed by atoms with Crippen molar-refractivity contribution < 1.29 is 9.21 Å². The highest BCUT2D eigenvalue weighted by Gasteiger charge is 2.08. The van der Waals surface area contributed by atoms with Crippen molar-refractivity contribution in [3.8, 4) is 0 Å². The summed E-state index contributed by atoms with van der Waals surface area (Å²) in [6.45, 7) is 5.75. The molecular weight excluding hydrogens is 226 g/mol. The van der Waals surface area contributed by atoms with Crippen LogP contribution in [0.15, 0.2) is 40.8 Å². The molecular formula is C15H17NO2. The molecule has 0 spiro atoms. The summed E-state index contributed by atoms with van der Waals surface area (Å²) in [5.41, 5.74) is 2.40. The highest BCUT2D eigenvalue weighted by atomic mass is 16.3. The van der Waals surface area contributed by atoms with Gasteiger partial charge >= 0.3 is 0 Å². The molecule has 0 aliphatic rings. The van der Waals surface area contributed by atoms with Crippen LogP contribution >= 0.6 is 0 Å². The molecule has 0 saturated heterocycles. The first-order valence-corrected chi connectivity index (χ1v) is 6.08.